The smallest absolute Gasteiger partial charge is 0.457 e. The third-order valence-electron chi connectivity index (χ3n) is 4.51. The van der Waals surface area contributed by atoms with Crippen LogP contribution >= 0.6 is 0 Å². The van der Waals surface area contributed by atoms with Crippen LogP contribution in [0.25, 0.3) is 0 Å². The molecule has 3 rings (SSSR count). The van der Waals surface area contributed by atoms with Crippen LogP contribution < -0.4 is 20.5 Å². The molecule has 0 bridgehead atoms. The fourth-order valence-electron chi connectivity index (χ4n) is 3.03. The van der Waals surface area contributed by atoms with Crippen molar-refractivity contribution < 1.29 is 45.4 Å². The average Bonchev–Trinajstić information content (AvgIpc) is 2.73. The molecule has 0 aliphatic heterocycles. The molecule has 1 heterocycles. The van der Waals surface area contributed by atoms with Gasteiger partial charge in [0.05, 0.1) is 11.1 Å². The van der Waals surface area contributed by atoms with Crippen molar-refractivity contribution >= 4 is 17.5 Å². The number of carbonyl (C=O) groups is 2. The minimum atomic E-state index is -4.92. The molecule has 7 nitrogen and oxygen atoms in total. The predicted octanol–water partition coefficient (Wildman–Crippen LogP) is 5.45. The lowest BCUT2D eigenvalue weighted by atomic mass is 10.00. The van der Waals surface area contributed by atoms with Crippen molar-refractivity contribution in [3.05, 3.63) is 77.1 Å². The Labute approximate surface area is 193 Å². The molecule has 0 radical (unpaired) electrons. The number of nitrogens with one attached hydrogen (secondary N) is 1. The van der Waals surface area contributed by atoms with Gasteiger partial charge in [0, 0.05) is 11.9 Å². The zero-order valence-corrected chi connectivity index (χ0v) is 17.6. The minimum absolute atomic E-state index is 0.0233. The maximum atomic E-state index is 13.5. The Balaban J connectivity index is 1.98. The highest BCUT2D eigenvalue weighted by Crippen LogP contribution is 2.38. The highest BCUT2D eigenvalue weighted by Gasteiger charge is 2.35. The SMILES string of the molecule is Cc1c(C(F)(F)F)ccc(Oc2ccc(OC(F)(F)F)cc2)c1C(=O)Nc1ccnc(C(N)=O)c1. The zero-order chi connectivity index (χ0) is 26.0. The summed E-state index contributed by atoms with van der Waals surface area (Å²) in [4.78, 5) is 28.0. The lowest BCUT2D eigenvalue weighted by Gasteiger charge is -2.18. The van der Waals surface area contributed by atoms with Crippen molar-refractivity contribution in [1.29, 1.82) is 0 Å². The van der Waals surface area contributed by atoms with Crippen molar-refractivity contribution in [1.82, 2.24) is 4.98 Å². The molecule has 35 heavy (non-hydrogen) atoms. The maximum absolute atomic E-state index is 13.5. The zero-order valence-electron chi connectivity index (χ0n) is 17.6. The molecule has 184 valence electrons. The average molecular weight is 499 g/mol. The van der Waals surface area contributed by atoms with E-state index in [9.17, 15) is 35.9 Å². The lowest BCUT2D eigenvalue weighted by molar-refractivity contribution is -0.274. The summed E-state index contributed by atoms with van der Waals surface area (Å²) in [6.45, 7) is 1.06. The highest BCUT2D eigenvalue weighted by atomic mass is 19.4. The quantitative estimate of drug-likeness (QED) is 0.439. The number of nitrogens with two attached hydrogens (primary N) is 1. The topological polar surface area (TPSA) is 104 Å². The Morgan fingerprint density at radius 3 is 2.14 bits per heavy atom. The van der Waals surface area contributed by atoms with Gasteiger partial charge >= 0.3 is 12.5 Å². The van der Waals surface area contributed by atoms with Crippen LogP contribution in [0.3, 0.4) is 0 Å². The number of pyridine rings is 1. The van der Waals surface area contributed by atoms with Gasteiger partial charge in [0.15, 0.2) is 0 Å². The van der Waals surface area contributed by atoms with Gasteiger partial charge in [-0.25, -0.2) is 0 Å². The number of rotatable bonds is 6. The van der Waals surface area contributed by atoms with E-state index < -0.39 is 46.8 Å². The predicted molar refractivity (Wildman–Crippen MR) is 110 cm³/mol. The third kappa shape index (κ3) is 6.40. The van der Waals surface area contributed by atoms with Gasteiger partial charge in [-0.2, -0.15) is 13.2 Å². The summed E-state index contributed by atoms with van der Waals surface area (Å²) < 4.78 is 86.7. The first-order valence-electron chi connectivity index (χ1n) is 9.56. The van der Waals surface area contributed by atoms with E-state index in [0.29, 0.717) is 6.07 Å². The number of aromatic nitrogens is 1. The van der Waals surface area contributed by atoms with Crippen molar-refractivity contribution in [3.63, 3.8) is 0 Å². The number of primary amides is 1. The molecule has 0 saturated heterocycles. The molecule has 0 unspecified atom stereocenters. The van der Waals surface area contributed by atoms with Gasteiger partial charge in [-0.15, -0.1) is 13.2 Å². The van der Waals surface area contributed by atoms with Gasteiger partial charge in [-0.1, -0.05) is 0 Å². The molecule has 0 aliphatic carbocycles. The van der Waals surface area contributed by atoms with E-state index in [1.165, 1.54) is 6.07 Å². The number of hydrogen-bond donors (Lipinski definition) is 2. The highest BCUT2D eigenvalue weighted by molar-refractivity contribution is 6.08. The fourth-order valence-corrected chi connectivity index (χ4v) is 3.03. The molecule has 2 aromatic carbocycles. The number of nitrogens with zero attached hydrogens (tertiary/aromatic N) is 1. The number of amides is 2. The molecular weight excluding hydrogens is 484 g/mol. The number of benzene rings is 2. The van der Waals surface area contributed by atoms with Crippen LogP contribution in [-0.2, 0) is 6.18 Å². The minimum Gasteiger partial charge on any atom is -0.457 e. The number of ether oxygens (including phenoxy) is 2. The first kappa shape index (κ1) is 25.3. The number of alkyl halides is 6. The number of carbonyl (C=O) groups excluding carboxylic acids is 2. The molecule has 0 fully saturated rings. The summed E-state index contributed by atoms with van der Waals surface area (Å²) in [6, 6.07) is 8.06. The standard InChI is InChI=1S/C22H15F6N3O4/c1-11-15(21(23,24)25)6-7-17(34-13-2-4-14(5-3-13)35-22(26,27)28)18(11)20(33)31-12-8-9-30-16(10-12)19(29)32/h2-10H,1H3,(H2,29,32)(H,30,31,33). The van der Waals surface area contributed by atoms with E-state index >= 15 is 0 Å². The number of hydrogen-bond acceptors (Lipinski definition) is 5. The summed E-state index contributed by atoms with van der Waals surface area (Å²) in [7, 11) is 0. The summed E-state index contributed by atoms with van der Waals surface area (Å²) >= 11 is 0. The Morgan fingerprint density at radius 2 is 1.57 bits per heavy atom. The Hall–Kier alpha value is -4.29. The second-order valence-electron chi connectivity index (χ2n) is 6.98. The van der Waals surface area contributed by atoms with E-state index in [1.54, 1.807) is 0 Å². The van der Waals surface area contributed by atoms with Crippen molar-refractivity contribution in [2.75, 3.05) is 5.32 Å². The van der Waals surface area contributed by atoms with Gasteiger partial charge in [-0.05, 0) is 61.0 Å². The largest absolute Gasteiger partial charge is 0.573 e. The van der Waals surface area contributed by atoms with Crippen LogP contribution in [0.1, 0.15) is 32.0 Å². The van der Waals surface area contributed by atoms with Gasteiger partial charge in [0.25, 0.3) is 11.8 Å². The van der Waals surface area contributed by atoms with Crippen molar-refractivity contribution in [3.8, 4) is 17.2 Å². The van der Waals surface area contributed by atoms with E-state index in [2.05, 4.69) is 15.0 Å². The Morgan fingerprint density at radius 1 is 0.943 bits per heavy atom. The van der Waals surface area contributed by atoms with E-state index in [1.807, 2.05) is 0 Å². The normalized spacial score (nSPS) is 11.6. The summed E-state index contributed by atoms with van der Waals surface area (Å²) in [5.74, 6) is -2.83. The van der Waals surface area contributed by atoms with E-state index in [4.69, 9.17) is 10.5 Å². The molecule has 3 N–H and O–H groups in total. The monoisotopic (exact) mass is 499 g/mol. The molecule has 13 heteroatoms. The third-order valence-corrected chi connectivity index (χ3v) is 4.51. The lowest BCUT2D eigenvalue weighted by Crippen LogP contribution is -2.19. The first-order valence-corrected chi connectivity index (χ1v) is 9.56. The van der Waals surface area contributed by atoms with Gasteiger partial charge in [0.2, 0.25) is 0 Å². The van der Waals surface area contributed by atoms with Crippen LogP contribution in [0.5, 0.6) is 17.2 Å². The van der Waals surface area contributed by atoms with Crippen molar-refractivity contribution in [2.45, 2.75) is 19.5 Å². The summed E-state index contributed by atoms with van der Waals surface area (Å²) in [5.41, 5.74) is 2.91. The second-order valence-corrected chi connectivity index (χ2v) is 6.98. The van der Waals surface area contributed by atoms with Crippen LogP contribution in [0.15, 0.2) is 54.7 Å². The van der Waals surface area contributed by atoms with Gasteiger partial charge in [0.1, 0.15) is 22.9 Å². The molecule has 0 saturated carbocycles. The summed E-state index contributed by atoms with van der Waals surface area (Å²) in [5, 5.41) is 2.35. The van der Waals surface area contributed by atoms with E-state index in [-0.39, 0.29) is 22.9 Å². The fraction of sp³-hybridized carbons (Fsp3) is 0.136. The van der Waals surface area contributed by atoms with Gasteiger partial charge in [-0.3, -0.25) is 14.6 Å². The van der Waals surface area contributed by atoms with Crippen LogP contribution in [0.4, 0.5) is 32.0 Å². The molecule has 0 spiro atoms. The Kier molecular flexibility index (Phi) is 6.89. The number of halogens is 6. The van der Waals surface area contributed by atoms with Crippen LogP contribution in [0.2, 0.25) is 0 Å². The molecule has 2 amide bonds. The first-order chi connectivity index (χ1) is 16.2. The van der Waals surface area contributed by atoms with Crippen LogP contribution in [-0.4, -0.2) is 23.2 Å². The molecule has 1 aromatic heterocycles. The Bertz CT molecular complexity index is 1260. The van der Waals surface area contributed by atoms with Crippen molar-refractivity contribution in [2.24, 2.45) is 5.73 Å². The molecule has 0 atom stereocenters. The second kappa shape index (κ2) is 9.52. The van der Waals surface area contributed by atoms with Crippen LogP contribution in [0, 0.1) is 6.92 Å². The molecule has 0 aliphatic rings. The molecule has 3 aromatic rings. The number of anilines is 1. The van der Waals surface area contributed by atoms with E-state index in [0.717, 1.165) is 49.5 Å². The molecular formula is C22H15F6N3O4. The maximum Gasteiger partial charge on any atom is 0.573 e. The van der Waals surface area contributed by atoms with Gasteiger partial charge < -0.3 is 20.5 Å². The summed E-state index contributed by atoms with van der Waals surface area (Å²) in [6.07, 6.45) is -8.54.